The van der Waals surface area contributed by atoms with Crippen molar-refractivity contribution in [3.8, 4) is 11.5 Å². The minimum atomic E-state index is -4.72. The van der Waals surface area contributed by atoms with Crippen molar-refractivity contribution in [1.82, 2.24) is 4.72 Å². The quantitative estimate of drug-likeness (QED) is 0.572. The summed E-state index contributed by atoms with van der Waals surface area (Å²) in [6.07, 6.45) is -5.00. The largest absolute Gasteiger partial charge is 0.496 e. The molecule has 1 aliphatic rings. The lowest BCUT2D eigenvalue weighted by Gasteiger charge is -2.34. The number of hydrogen-bond donors (Lipinski definition) is 2. The number of hydrogen-bond acceptors (Lipinski definition) is 6. The highest BCUT2D eigenvalue weighted by Crippen LogP contribution is 2.40. The molecule has 2 N–H and O–H groups in total. The number of aliphatic hydroxyl groups is 1. The summed E-state index contributed by atoms with van der Waals surface area (Å²) in [5.41, 5.74) is 0.752. The van der Waals surface area contributed by atoms with Gasteiger partial charge in [-0.2, -0.15) is 13.2 Å². The van der Waals surface area contributed by atoms with Gasteiger partial charge in [-0.3, -0.25) is 0 Å². The molecule has 2 atom stereocenters. The zero-order valence-electron chi connectivity index (χ0n) is 19.4. The van der Waals surface area contributed by atoms with Gasteiger partial charge in [-0.05, 0) is 50.1 Å². The number of anilines is 1. The molecule has 2 aromatic carbocycles. The van der Waals surface area contributed by atoms with Gasteiger partial charge >= 0.3 is 6.18 Å². The number of halogens is 3. The minimum absolute atomic E-state index is 0.136. The van der Waals surface area contributed by atoms with Gasteiger partial charge in [0, 0.05) is 30.3 Å². The van der Waals surface area contributed by atoms with Gasteiger partial charge in [0.15, 0.2) is 0 Å². The molecule has 0 aromatic heterocycles. The molecule has 0 aliphatic carbocycles. The third-order valence-electron chi connectivity index (χ3n) is 6.01. The fraction of sp³-hybridized carbons (Fsp3) is 0.478. The van der Waals surface area contributed by atoms with Gasteiger partial charge in [0.25, 0.3) is 0 Å². The molecule has 0 amide bonds. The van der Waals surface area contributed by atoms with Gasteiger partial charge in [-0.25, -0.2) is 13.1 Å². The molecule has 11 heteroatoms. The Kier molecular flexibility index (Phi) is 7.69. The van der Waals surface area contributed by atoms with Crippen LogP contribution in [0, 0.1) is 0 Å². The second-order valence-electron chi connectivity index (χ2n) is 8.16. The van der Waals surface area contributed by atoms with Crippen LogP contribution in [0.25, 0.3) is 0 Å². The Balaban J connectivity index is 2.11. The zero-order valence-corrected chi connectivity index (χ0v) is 20.3. The zero-order chi connectivity index (χ0) is 25.3. The SMILES string of the molecule is CCC(NS(=O)(=O)c1cc(C(F)(F)F)ccc1N1CCc2c(OC)ccc(OC)c2C1)C(C)O. The van der Waals surface area contributed by atoms with Gasteiger partial charge in [-0.15, -0.1) is 0 Å². The number of nitrogens with one attached hydrogen (secondary N) is 1. The van der Waals surface area contributed by atoms with E-state index in [1.807, 2.05) is 0 Å². The van der Waals surface area contributed by atoms with Crippen LogP contribution in [0.4, 0.5) is 18.9 Å². The minimum Gasteiger partial charge on any atom is -0.496 e. The first kappa shape index (κ1) is 26.1. The molecule has 0 fully saturated rings. The van der Waals surface area contributed by atoms with Gasteiger partial charge in [-0.1, -0.05) is 6.92 Å². The second-order valence-corrected chi connectivity index (χ2v) is 9.84. The van der Waals surface area contributed by atoms with Crippen molar-refractivity contribution < 1.29 is 36.2 Å². The Hall–Kier alpha value is -2.50. The van der Waals surface area contributed by atoms with Crippen LogP contribution in [0.3, 0.4) is 0 Å². The van der Waals surface area contributed by atoms with Gasteiger partial charge < -0.3 is 19.5 Å². The topological polar surface area (TPSA) is 88.1 Å². The summed E-state index contributed by atoms with van der Waals surface area (Å²) >= 11 is 0. The van der Waals surface area contributed by atoms with Gasteiger partial charge in [0.05, 0.1) is 31.6 Å². The van der Waals surface area contributed by atoms with Crippen LogP contribution in [-0.2, 0) is 29.2 Å². The first-order chi connectivity index (χ1) is 15.9. The Morgan fingerprint density at radius 3 is 2.26 bits per heavy atom. The Bertz CT molecular complexity index is 1140. The molecule has 1 aliphatic heterocycles. The van der Waals surface area contributed by atoms with Gasteiger partial charge in [0.2, 0.25) is 10.0 Å². The summed E-state index contributed by atoms with van der Waals surface area (Å²) in [6.45, 7) is 3.67. The van der Waals surface area contributed by atoms with Crippen LogP contribution >= 0.6 is 0 Å². The van der Waals surface area contributed by atoms with Crippen LogP contribution in [0.5, 0.6) is 11.5 Å². The maximum atomic E-state index is 13.5. The third kappa shape index (κ3) is 5.26. The fourth-order valence-corrected chi connectivity index (χ4v) is 5.80. The number of benzene rings is 2. The average Bonchev–Trinajstić information content (AvgIpc) is 2.80. The smallest absolute Gasteiger partial charge is 0.416 e. The summed E-state index contributed by atoms with van der Waals surface area (Å²) in [5, 5.41) is 9.90. The van der Waals surface area contributed by atoms with E-state index >= 15 is 0 Å². The van der Waals surface area contributed by atoms with Crippen molar-refractivity contribution in [3.05, 3.63) is 47.0 Å². The van der Waals surface area contributed by atoms with E-state index in [2.05, 4.69) is 4.72 Å². The van der Waals surface area contributed by atoms with Crippen molar-refractivity contribution in [3.63, 3.8) is 0 Å². The van der Waals surface area contributed by atoms with Crippen molar-refractivity contribution in [1.29, 1.82) is 0 Å². The molecule has 0 saturated carbocycles. The molecule has 3 rings (SSSR count). The summed E-state index contributed by atoms with van der Waals surface area (Å²) in [4.78, 5) is 1.22. The first-order valence-corrected chi connectivity index (χ1v) is 12.3. The third-order valence-corrected chi connectivity index (χ3v) is 7.53. The van der Waals surface area contributed by atoms with E-state index in [9.17, 15) is 26.7 Å². The molecule has 1 heterocycles. The van der Waals surface area contributed by atoms with E-state index in [0.29, 0.717) is 30.5 Å². The Labute approximate surface area is 197 Å². The number of aliphatic hydroxyl groups excluding tert-OH is 1. The molecule has 7 nitrogen and oxygen atoms in total. The van der Waals surface area contributed by atoms with E-state index in [0.717, 1.165) is 17.2 Å². The van der Waals surface area contributed by atoms with Gasteiger partial charge in [0.1, 0.15) is 16.4 Å². The maximum absolute atomic E-state index is 13.5. The summed E-state index contributed by atoms with van der Waals surface area (Å²) in [6, 6.07) is 5.37. The normalized spacial score (nSPS) is 16.1. The maximum Gasteiger partial charge on any atom is 0.416 e. The molecule has 34 heavy (non-hydrogen) atoms. The highest BCUT2D eigenvalue weighted by atomic mass is 32.2. The lowest BCUT2D eigenvalue weighted by atomic mass is 9.97. The number of methoxy groups -OCH3 is 2. The monoisotopic (exact) mass is 502 g/mol. The number of rotatable bonds is 8. The lowest BCUT2D eigenvalue weighted by Crippen LogP contribution is -2.42. The predicted octanol–water partition coefficient (Wildman–Crippen LogP) is 3.72. The summed E-state index contributed by atoms with van der Waals surface area (Å²) in [7, 11) is -1.33. The van der Waals surface area contributed by atoms with E-state index in [1.165, 1.54) is 20.1 Å². The standard InChI is InChI=1S/C23H29F3N2O5S/c1-5-18(14(2)29)27-34(30,31)22-12-15(23(24,25)26)6-7-19(22)28-11-10-16-17(13-28)21(33-4)9-8-20(16)32-3/h6-9,12,14,18,27,29H,5,10-11,13H2,1-4H3. The fourth-order valence-electron chi connectivity index (χ4n) is 4.15. The molecule has 0 saturated heterocycles. The first-order valence-electron chi connectivity index (χ1n) is 10.8. The van der Waals surface area contributed by atoms with Crippen LogP contribution in [0.2, 0.25) is 0 Å². The number of alkyl halides is 3. The van der Waals surface area contributed by atoms with E-state index in [-0.39, 0.29) is 18.7 Å². The van der Waals surface area contributed by atoms with Crippen molar-refractivity contribution in [2.24, 2.45) is 0 Å². The van der Waals surface area contributed by atoms with Crippen molar-refractivity contribution in [2.45, 2.75) is 56.5 Å². The second kappa shape index (κ2) is 10.0. The van der Waals surface area contributed by atoms with Crippen molar-refractivity contribution >= 4 is 15.7 Å². The molecule has 2 aromatic rings. The van der Waals surface area contributed by atoms with Crippen molar-refractivity contribution in [2.75, 3.05) is 25.7 Å². The van der Waals surface area contributed by atoms with E-state index in [4.69, 9.17) is 9.47 Å². The molecular weight excluding hydrogens is 473 g/mol. The number of ether oxygens (including phenoxy) is 2. The highest BCUT2D eigenvalue weighted by molar-refractivity contribution is 7.89. The van der Waals surface area contributed by atoms with Crippen LogP contribution in [0.1, 0.15) is 37.0 Å². The molecule has 188 valence electrons. The van der Waals surface area contributed by atoms with Crippen LogP contribution < -0.4 is 19.1 Å². The predicted molar refractivity (Wildman–Crippen MR) is 122 cm³/mol. The number of sulfonamides is 1. The molecule has 0 bridgehead atoms. The number of nitrogens with zero attached hydrogens (tertiary/aromatic N) is 1. The number of fused-ring (bicyclic) bond motifs is 1. The average molecular weight is 503 g/mol. The van der Waals surface area contributed by atoms with Crippen LogP contribution in [-0.4, -0.2) is 46.4 Å². The lowest BCUT2D eigenvalue weighted by molar-refractivity contribution is -0.137. The Morgan fingerprint density at radius 1 is 1.12 bits per heavy atom. The molecule has 0 spiro atoms. The molecule has 2 unspecified atom stereocenters. The molecular formula is C23H29F3N2O5S. The van der Waals surface area contributed by atoms with Crippen LogP contribution in [0.15, 0.2) is 35.2 Å². The van der Waals surface area contributed by atoms with E-state index < -0.39 is 38.8 Å². The molecule has 0 radical (unpaired) electrons. The van der Waals surface area contributed by atoms with E-state index in [1.54, 1.807) is 31.1 Å². The summed E-state index contributed by atoms with van der Waals surface area (Å²) in [5.74, 6) is 1.25. The Morgan fingerprint density at radius 2 is 1.74 bits per heavy atom. The summed E-state index contributed by atoms with van der Waals surface area (Å²) < 4.78 is 80.2. The highest BCUT2D eigenvalue weighted by Gasteiger charge is 2.35.